The molecule has 0 aliphatic rings. The third-order valence-electron chi connectivity index (χ3n) is 3.49. The lowest BCUT2D eigenvalue weighted by Gasteiger charge is -2.03. The Balaban J connectivity index is 1.45. The molecule has 5 nitrogen and oxygen atoms in total. The minimum Gasteiger partial charge on any atom is -0.350 e. The number of hydrogen-bond donors (Lipinski definition) is 1. The first-order valence-electron chi connectivity index (χ1n) is 8.03. The number of aromatic nitrogens is 2. The van der Waals surface area contributed by atoms with Crippen LogP contribution in [0.15, 0.2) is 64.4 Å². The van der Waals surface area contributed by atoms with Crippen LogP contribution in [0.5, 0.6) is 0 Å². The molecule has 0 bridgehead atoms. The molecule has 3 rings (SSSR count). The van der Waals surface area contributed by atoms with Crippen molar-refractivity contribution in [3.05, 3.63) is 77.1 Å². The number of rotatable bonds is 8. The largest absolute Gasteiger partial charge is 0.350 e. The van der Waals surface area contributed by atoms with Gasteiger partial charge in [-0.3, -0.25) is 14.6 Å². The third-order valence-corrected chi connectivity index (χ3v) is 5.56. The maximum Gasteiger partial charge on any atom is 0.226 e. The van der Waals surface area contributed by atoms with Crippen LogP contribution in [0.1, 0.15) is 21.7 Å². The van der Waals surface area contributed by atoms with Gasteiger partial charge in [0.05, 0.1) is 30.1 Å². The standard InChI is InChI=1S/C19H17N3O2S2/c23-17(14-6-2-1-3-7-14)13-26-19-22-16(12-25-19)10-18(24)21-11-15-8-4-5-9-20-15/h1-9,12H,10-11,13H2,(H,21,24). The molecule has 3 aromatic rings. The van der Waals surface area contributed by atoms with E-state index in [1.54, 1.807) is 6.20 Å². The van der Waals surface area contributed by atoms with Crippen LogP contribution in [-0.2, 0) is 17.8 Å². The van der Waals surface area contributed by atoms with Gasteiger partial charge in [-0.2, -0.15) is 0 Å². The van der Waals surface area contributed by atoms with Crippen LogP contribution in [-0.4, -0.2) is 27.4 Å². The van der Waals surface area contributed by atoms with Gasteiger partial charge in [-0.25, -0.2) is 4.98 Å². The fraction of sp³-hybridized carbons (Fsp3) is 0.158. The highest BCUT2D eigenvalue weighted by atomic mass is 32.2. The molecule has 2 heterocycles. The van der Waals surface area contributed by atoms with E-state index >= 15 is 0 Å². The molecule has 1 amide bonds. The van der Waals surface area contributed by atoms with Gasteiger partial charge in [0.15, 0.2) is 10.1 Å². The van der Waals surface area contributed by atoms with Crippen molar-refractivity contribution in [3.8, 4) is 0 Å². The monoisotopic (exact) mass is 383 g/mol. The number of pyridine rings is 1. The number of hydrogen-bond acceptors (Lipinski definition) is 6. The van der Waals surface area contributed by atoms with Crippen molar-refractivity contribution < 1.29 is 9.59 Å². The second kappa shape index (κ2) is 9.26. The SMILES string of the molecule is O=C(Cc1csc(SCC(=O)c2ccccc2)n1)NCc1ccccn1. The Morgan fingerprint density at radius 3 is 2.62 bits per heavy atom. The van der Waals surface area contributed by atoms with Crippen LogP contribution >= 0.6 is 23.1 Å². The van der Waals surface area contributed by atoms with Crippen LogP contribution in [0.3, 0.4) is 0 Å². The van der Waals surface area contributed by atoms with Gasteiger partial charge in [0.1, 0.15) is 0 Å². The Morgan fingerprint density at radius 2 is 1.85 bits per heavy atom. The van der Waals surface area contributed by atoms with E-state index in [0.717, 1.165) is 10.0 Å². The topological polar surface area (TPSA) is 72.0 Å². The summed E-state index contributed by atoms with van der Waals surface area (Å²) in [5.41, 5.74) is 2.23. The van der Waals surface area contributed by atoms with E-state index in [1.807, 2.05) is 53.9 Å². The van der Waals surface area contributed by atoms with Crippen molar-refractivity contribution in [3.63, 3.8) is 0 Å². The summed E-state index contributed by atoms with van der Waals surface area (Å²) in [4.78, 5) is 32.7. The average molecular weight is 383 g/mol. The molecule has 2 aromatic heterocycles. The first kappa shape index (κ1) is 18.3. The number of thiazole rings is 1. The average Bonchev–Trinajstić information content (AvgIpc) is 3.13. The molecule has 0 aliphatic heterocycles. The van der Waals surface area contributed by atoms with Gasteiger partial charge in [-0.1, -0.05) is 48.2 Å². The Kier molecular flexibility index (Phi) is 6.51. The highest BCUT2D eigenvalue weighted by molar-refractivity contribution is 8.01. The smallest absolute Gasteiger partial charge is 0.226 e. The number of nitrogens with zero attached hydrogens (tertiary/aromatic N) is 2. The molecule has 132 valence electrons. The number of ketones is 1. The van der Waals surface area contributed by atoms with Crippen molar-refractivity contribution in [2.75, 3.05) is 5.75 Å². The summed E-state index contributed by atoms with van der Waals surface area (Å²) >= 11 is 2.85. The van der Waals surface area contributed by atoms with Gasteiger partial charge in [-0.15, -0.1) is 11.3 Å². The number of nitrogens with one attached hydrogen (secondary N) is 1. The predicted molar refractivity (Wildman–Crippen MR) is 103 cm³/mol. The molecule has 0 fully saturated rings. The van der Waals surface area contributed by atoms with Crippen LogP contribution in [0.25, 0.3) is 0 Å². The molecule has 0 unspecified atom stereocenters. The Hall–Kier alpha value is -2.51. The summed E-state index contributed by atoms with van der Waals surface area (Å²) in [5, 5.41) is 4.69. The lowest BCUT2D eigenvalue weighted by Crippen LogP contribution is -2.25. The normalized spacial score (nSPS) is 10.5. The van der Waals surface area contributed by atoms with Gasteiger partial charge in [0, 0.05) is 17.1 Å². The van der Waals surface area contributed by atoms with E-state index in [9.17, 15) is 9.59 Å². The van der Waals surface area contributed by atoms with E-state index in [1.165, 1.54) is 23.1 Å². The van der Waals surface area contributed by atoms with Gasteiger partial charge in [-0.05, 0) is 12.1 Å². The highest BCUT2D eigenvalue weighted by Crippen LogP contribution is 2.23. The highest BCUT2D eigenvalue weighted by Gasteiger charge is 2.11. The van der Waals surface area contributed by atoms with Crippen LogP contribution in [0.4, 0.5) is 0 Å². The van der Waals surface area contributed by atoms with E-state index in [-0.39, 0.29) is 18.1 Å². The van der Waals surface area contributed by atoms with Crippen molar-refractivity contribution in [1.82, 2.24) is 15.3 Å². The molecule has 0 atom stereocenters. The first-order valence-corrected chi connectivity index (χ1v) is 9.89. The molecule has 1 N–H and O–H groups in total. The lowest BCUT2D eigenvalue weighted by molar-refractivity contribution is -0.120. The van der Waals surface area contributed by atoms with Gasteiger partial charge in [0.25, 0.3) is 0 Å². The molecule has 0 spiro atoms. The lowest BCUT2D eigenvalue weighted by atomic mass is 10.2. The molecule has 1 aromatic carbocycles. The van der Waals surface area contributed by atoms with E-state index in [4.69, 9.17) is 0 Å². The summed E-state index contributed by atoms with van der Waals surface area (Å²) in [5.74, 6) is 0.307. The maximum atomic E-state index is 12.1. The van der Waals surface area contributed by atoms with E-state index in [0.29, 0.717) is 23.6 Å². The van der Waals surface area contributed by atoms with E-state index in [2.05, 4.69) is 15.3 Å². The fourth-order valence-electron chi connectivity index (χ4n) is 2.19. The second-order valence-electron chi connectivity index (χ2n) is 5.46. The molecule has 0 saturated heterocycles. The second-order valence-corrected chi connectivity index (χ2v) is 7.54. The number of benzene rings is 1. The molecular weight excluding hydrogens is 366 g/mol. The predicted octanol–water partition coefficient (Wildman–Crippen LogP) is 3.37. The van der Waals surface area contributed by atoms with Gasteiger partial charge in [0.2, 0.25) is 5.91 Å². The number of amides is 1. The third kappa shape index (κ3) is 5.50. The molecule has 0 aliphatic carbocycles. The summed E-state index contributed by atoms with van der Waals surface area (Å²) in [7, 11) is 0. The minimum absolute atomic E-state index is 0.0699. The minimum atomic E-state index is -0.0992. The number of carbonyl (C=O) groups is 2. The Bertz CT molecular complexity index is 867. The van der Waals surface area contributed by atoms with Crippen LogP contribution in [0, 0.1) is 0 Å². The summed E-state index contributed by atoms with van der Waals surface area (Å²) in [6, 6.07) is 14.8. The maximum absolute atomic E-state index is 12.1. The Labute approximate surface area is 159 Å². The van der Waals surface area contributed by atoms with Crippen LogP contribution < -0.4 is 5.32 Å². The summed E-state index contributed by atoms with van der Waals surface area (Å²) in [6.45, 7) is 0.400. The number of carbonyl (C=O) groups excluding carboxylic acids is 2. The van der Waals surface area contributed by atoms with Crippen molar-refractivity contribution in [2.45, 2.75) is 17.3 Å². The first-order chi connectivity index (χ1) is 12.7. The number of thioether (sulfide) groups is 1. The summed E-state index contributed by atoms with van der Waals surface area (Å²) < 4.78 is 0.793. The van der Waals surface area contributed by atoms with Crippen molar-refractivity contribution in [1.29, 1.82) is 0 Å². The fourth-order valence-corrected chi connectivity index (χ4v) is 3.93. The van der Waals surface area contributed by atoms with Gasteiger partial charge >= 0.3 is 0 Å². The van der Waals surface area contributed by atoms with Crippen LogP contribution in [0.2, 0.25) is 0 Å². The molecule has 26 heavy (non-hydrogen) atoms. The quantitative estimate of drug-likeness (QED) is 0.477. The molecule has 7 heteroatoms. The zero-order valence-corrected chi connectivity index (χ0v) is 15.6. The molecular formula is C19H17N3O2S2. The Morgan fingerprint density at radius 1 is 1.04 bits per heavy atom. The zero-order valence-electron chi connectivity index (χ0n) is 13.9. The molecule has 0 saturated carbocycles. The zero-order chi connectivity index (χ0) is 18.2. The van der Waals surface area contributed by atoms with E-state index < -0.39 is 0 Å². The summed E-state index contributed by atoms with van der Waals surface area (Å²) in [6.07, 6.45) is 1.92. The van der Waals surface area contributed by atoms with Crippen molar-refractivity contribution in [2.24, 2.45) is 0 Å². The number of Topliss-reactive ketones (excluding diaryl/α,β-unsaturated/α-hetero) is 1. The molecule has 0 radical (unpaired) electrons. The van der Waals surface area contributed by atoms with Gasteiger partial charge < -0.3 is 5.32 Å². The van der Waals surface area contributed by atoms with Crippen molar-refractivity contribution >= 4 is 34.8 Å².